The van der Waals surface area contributed by atoms with Crippen molar-refractivity contribution in [2.24, 2.45) is 17.6 Å². The van der Waals surface area contributed by atoms with Crippen LogP contribution in [0.15, 0.2) is 18.2 Å². The fourth-order valence-corrected chi connectivity index (χ4v) is 4.04. The van der Waals surface area contributed by atoms with Gasteiger partial charge in [0, 0.05) is 25.7 Å². The molecule has 0 aliphatic heterocycles. The lowest BCUT2D eigenvalue weighted by atomic mass is 9.86. The summed E-state index contributed by atoms with van der Waals surface area (Å²) in [5, 5.41) is 0. The van der Waals surface area contributed by atoms with Crippen LogP contribution in [0.4, 0.5) is 4.79 Å². The summed E-state index contributed by atoms with van der Waals surface area (Å²) in [4.78, 5) is 49.8. The topological polar surface area (TPSA) is 140 Å². The van der Waals surface area contributed by atoms with Gasteiger partial charge in [-0.25, -0.2) is 4.79 Å². The first kappa shape index (κ1) is 35.9. The lowest BCUT2D eigenvalue weighted by molar-refractivity contribution is -0.148. The zero-order valence-corrected chi connectivity index (χ0v) is 25.8. The van der Waals surface area contributed by atoms with Gasteiger partial charge in [-0.3, -0.25) is 14.4 Å². The monoisotopic (exact) mass is 579 g/mol. The van der Waals surface area contributed by atoms with Crippen molar-refractivity contribution in [3.8, 4) is 11.5 Å². The van der Waals surface area contributed by atoms with Crippen LogP contribution in [0.1, 0.15) is 98.5 Å². The minimum atomic E-state index is -1.58. The van der Waals surface area contributed by atoms with E-state index in [2.05, 4.69) is 0 Å². The normalized spacial score (nSPS) is 13.3. The molecule has 2 atom stereocenters. The average molecular weight is 580 g/mol. The van der Waals surface area contributed by atoms with Gasteiger partial charge in [0.15, 0.2) is 11.5 Å². The molecular weight excluding hydrogens is 530 g/mol. The van der Waals surface area contributed by atoms with Crippen molar-refractivity contribution in [1.29, 1.82) is 0 Å². The van der Waals surface area contributed by atoms with Crippen LogP contribution in [0.5, 0.6) is 11.5 Å². The molecule has 10 heteroatoms. The fraction of sp³-hybridized carbons (Fsp3) is 0.677. The van der Waals surface area contributed by atoms with Crippen molar-refractivity contribution >= 4 is 24.1 Å². The van der Waals surface area contributed by atoms with Gasteiger partial charge in [0.05, 0.1) is 13.7 Å². The van der Waals surface area contributed by atoms with Crippen LogP contribution in [-0.4, -0.2) is 49.4 Å². The Kier molecular flexibility index (Phi) is 16.0. The highest BCUT2D eigenvalue weighted by atomic mass is 16.7. The number of carbonyl (C=O) groups excluding carboxylic acids is 4. The fourth-order valence-electron chi connectivity index (χ4n) is 4.04. The predicted octanol–water partition coefficient (Wildman–Crippen LogP) is 5.90. The number of hydrogen-bond donors (Lipinski definition) is 1. The van der Waals surface area contributed by atoms with E-state index in [4.69, 9.17) is 29.4 Å². The number of ether oxygens (including phenoxy) is 5. The summed E-state index contributed by atoms with van der Waals surface area (Å²) >= 11 is 0. The van der Waals surface area contributed by atoms with Crippen LogP contribution in [0.25, 0.3) is 0 Å². The highest BCUT2D eigenvalue weighted by molar-refractivity contribution is 5.81. The number of benzene rings is 1. The second-order valence-corrected chi connectivity index (χ2v) is 11.4. The molecule has 0 saturated heterocycles. The Bertz CT molecular complexity index is 992. The largest absolute Gasteiger partial charge is 0.508 e. The first-order valence-electron chi connectivity index (χ1n) is 14.5. The molecule has 0 aliphatic rings. The number of esters is 3. The van der Waals surface area contributed by atoms with Gasteiger partial charge >= 0.3 is 24.1 Å². The molecule has 232 valence electrons. The molecule has 0 fully saturated rings. The van der Waals surface area contributed by atoms with E-state index in [1.54, 1.807) is 13.0 Å². The first-order valence-corrected chi connectivity index (χ1v) is 14.5. The molecule has 1 rings (SSSR count). The number of hydrogen-bond acceptors (Lipinski definition) is 10. The maximum atomic E-state index is 12.8. The lowest BCUT2D eigenvalue weighted by Gasteiger charge is -2.29. The van der Waals surface area contributed by atoms with E-state index < -0.39 is 35.7 Å². The predicted molar refractivity (Wildman–Crippen MR) is 155 cm³/mol. The third kappa shape index (κ3) is 14.4. The van der Waals surface area contributed by atoms with Crippen molar-refractivity contribution in [2.45, 2.75) is 111 Å². The molecule has 2 N–H and O–H groups in total. The SMILES string of the molecule is CCCCCOC(=O)O[C@@H](C)CC(N)(Cc1ccc(OC(=O)CCC(C)C)c(OC(=O)CCC(C)C)c1)C(=O)OC. The molecule has 0 spiro atoms. The summed E-state index contributed by atoms with van der Waals surface area (Å²) in [7, 11) is 1.22. The molecule has 1 unspecified atom stereocenters. The lowest BCUT2D eigenvalue weighted by Crippen LogP contribution is -2.53. The summed E-state index contributed by atoms with van der Waals surface area (Å²) < 4.78 is 26.5. The van der Waals surface area contributed by atoms with E-state index in [0.29, 0.717) is 30.2 Å². The first-order chi connectivity index (χ1) is 19.3. The molecule has 0 saturated carbocycles. The van der Waals surface area contributed by atoms with Gasteiger partial charge in [-0.15, -0.1) is 0 Å². The van der Waals surface area contributed by atoms with Crippen LogP contribution < -0.4 is 15.2 Å². The third-order valence-electron chi connectivity index (χ3n) is 6.34. The van der Waals surface area contributed by atoms with Crippen LogP contribution in [-0.2, 0) is 35.0 Å². The molecule has 1 aromatic carbocycles. The summed E-state index contributed by atoms with van der Waals surface area (Å²) in [6, 6.07) is 4.67. The summed E-state index contributed by atoms with van der Waals surface area (Å²) in [5.74, 6) is -0.835. The van der Waals surface area contributed by atoms with Crippen LogP contribution >= 0.6 is 0 Å². The van der Waals surface area contributed by atoms with E-state index in [1.807, 2.05) is 34.6 Å². The third-order valence-corrected chi connectivity index (χ3v) is 6.34. The zero-order chi connectivity index (χ0) is 31.0. The molecule has 1 aromatic rings. The van der Waals surface area contributed by atoms with Crippen molar-refractivity contribution < 1.29 is 42.9 Å². The smallest absolute Gasteiger partial charge is 0.468 e. The van der Waals surface area contributed by atoms with Gasteiger partial charge in [-0.1, -0.05) is 53.5 Å². The average Bonchev–Trinajstić information content (AvgIpc) is 2.89. The number of methoxy groups -OCH3 is 1. The Morgan fingerprint density at radius 1 is 0.878 bits per heavy atom. The Labute approximate surface area is 244 Å². The quantitative estimate of drug-likeness (QED) is 0.127. The molecule has 0 amide bonds. The van der Waals surface area contributed by atoms with Crippen molar-refractivity contribution in [2.75, 3.05) is 13.7 Å². The summed E-state index contributed by atoms with van der Waals surface area (Å²) in [5.41, 5.74) is 5.47. The summed E-state index contributed by atoms with van der Waals surface area (Å²) in [6.45, 7) is 11.9. The van der Waals surface area contributed by atoms with Crippen LogP contribution in [0.3, 0.4) is 0 Å². The van der Waals surface area contributed by atoms with E-state index in [1.165, 1.54) is 19.2 Å². The molecule has 0 aromatic heterocycles. The maximum Gasteiger partial charge on any atom is 0.508 e. The number of unbranched alkanes of at least 4 members (excludes halogenated alkanes) is 2. The molecule has 41 heavy (non-hydrogen) atoms. The van der Waals surface area contributed by atoms with Gasteiger partial charge < -0.3 is 29.4 Å². The van der Waals surface area contributed by atoms with Gasteiger partial charge in [-0.05, 0) is 55.7 Å². The number of rotatable bonds is 18. The Morgan fingerprint density at radius 3 is 2.00 bits per heavy atom. The molecule has 0 heterocycles. The van der Waals surface area contributed by atoms with E-state index >= 15 is 0 Å². The van der Waals surface area contributed by atoms with E-state index in [9.17, 15) is 19.2 Å². The second-order valence-electron chi connectivity index (χ2n) is 11.4. The van der Waals surface area contributed by atoms with Crippen LogP contribution in [0, 0.1) is 11.8 Å². The van der Waals surface area contributed by atoms with E-state index in [-0.39, 0.29) is 43.8 Å². The van der Waals surface area contributed by atoms with Crippen molar-refractivity contribution in [1.82, 2.24) is 0 Å². The Balaban J connectivity index is 3.13. The highest BCUT2D eigenvalue weighted by Crippen LogP contribution is 2.32. The Hall–Kier alpha value is -3.14. The molecule has 10 nitrogen and oxygen atoms in total. The van der Waals surface area contributed by atoms with E-state index in [0.717, 1.165) is 19.3 Å². The van der Waals surface area contributed by atoms with Crippen LogP contribution in [0.2, 0.25) is 0 Å². The highest BCUT2D eigenvalue weighted by Gasteiger charge is 2.38. The molecular formula is C31H49NO9. The molecule has 0 radical (unpaired) electrons. The second kappa shape index (κ2) is 18.3. The minimum absolute atomic E-state index is 0.0307. The molecule has 0 aliphatic carbocycles. The van der Waals surface area contributed by atoms with Crippen molar-refractivity contribution in [3.63, 3.8) is 0 Å². The molecule has 0 bridgehead atoms. The standard InChI is InChI=1S/C31H49NO9/c1-8-9-10-17-38-30(36)39-23(6)19-31(32,29(35)37-7)20-24-13-14-25(40-27(33)15-11-21(2)3)26(18-24)41-28(34)16-12-22(4)5/h13-14,18,21-23H,8-12,15-17,19-20,32H2,1-7H3/t23-,31?/m0/s1. The minimum Gasteiger partial charge on any atom is -0.468 e. The van der Waals surface area contributed by atoms with Gasteiger partial charge in [-0.2, -0.15) is 0 Å². The van der Waals surface area contributed by atoms with Gasteiger partial charge in [0.25, 0.3) is 0 Å². The van der Waals surface area contributed by atoms with Crippen molar-refractivity contribution in [3.05, 3.63) is 23.8 Å². The maximum absolute atomic E-state index is 12.8. The zero-order valence-electron chi connectivity index (χ0n) is 25.8. The number of nitrogens with two attached hydrogens (primary N) is 1. The van der Waals surface area contributed by atoms with Gasteiger partial charge in [0.1, 0.15) is 11.6 Å². The van der Waals surface area contributed by atoms with Gasteiger partial charge in [0.2, 0.25) is 0 Å². The number of carbonyl (C=O) groups is 4. The summed E-state index contributed by atoms with van der Waals surface area (Å²) in [6.07, 6.45) is 2.67. The Morgan fingerprint density at radius 2 is 1.46 bits per heavy atom.